The lowest BCUT2D eigenvalue weighted by Gasteiger charge is -2.05. The van der Waals surface area contributed by atoms with E-state index < -0.39 is 0 Å². The zero-order chi connectivity index (χ0) is 13.1. The number of amides is 1. The van der Waals surface area contributed by atoms with Gasteiger partial charge in [0.2, 0.25) is 5.91 Å². The van der Waals surface area contributed by atoms with Gasteiger partial charge in [-0.05, 0) is 18.2 Å². The Labute approximate surface area is 113 Å². The summed E-state index contributed by atoms with van der Waals surface area (Å²) in [5.41, 5.74) is 5.90. The number of carbonyl (C=O) groups excluding carboxylic acids is 1. The van der Waals surface area contributed by atoms with Crippen LogP contribution in [-0.2, 0) is 11.3 Å². The molecule has 0 aliphatic rings. The minimum atomic E-state index is -0.302. The molecule has 1 heterocycles. The molecule has 0 atom stereocenters. The number of carbonyl (C=O) groups is 1. The van der Waals surface area contributed by atoms with Crippen molar-refractivity contribution in [2.75, 3.05) is 11.1 Å². The summed E-state index contributed by atoms with van der Waals surface area (Å²) in [5.74, 6) is -0.0440. The fraction of sp³-hybridized carbons (Fsp3) is 0.100. The molecule has 0 radical (unpaired) electrons. The average Bonchev–Trinajstić information content (AvgIpc) is 2.61. The molecule has 3 N–H and O–H groups in total. The first-order valence-corrected chi connectivity index (χ1v) is 5.70. The second kappa shape index (κ2) is 5.24. The van der Waals surface area contributed by atoms with E-state index in [-0.39, 0.29) is 18.3 Å². The Balaban J connectivity index is 2.02. The molecule has 2 aromatic rings. The number of nitrogens with zero attached hydrogens (tertiary/aromatic N) is 3. The van der Waals surface area contributed by atoms with E-state index in [1.165, 1.54) is 11.0 Å². The normalized spacial score (nSPS) is 10.3. The van der Waals surface area contributed by atoms with Gasteiger partial charge in [0.1, 0.15) is 6.54 Å². The standard InChI is InChI=1S/C10H9Cl2N5O/c11-6-1-7(12)3-8(2-6)15-10(18)5-17-14-4-9(13)16-17/h1-4H,5H2,(H2,13,16)(H,15,18). The minimum absolute atomic E-state index is 0.0403. The highest BCUT2D eigenvalue weighted by atomic mass is 35.5. The number of hydrogen-bond donors (Lipinski definition) is 2. The van der Waals surface area contributed by atoms with Crippen LogP contribution in [-0.4, -0.2) is 20.9 Å². The molecule has 1 aromatic carbocycles. The first-order valence-electron chi connectivity index (χ1n) is 4.94. The van der Waals surface area contributed by atoms with Gasteiger partial charge in [0.15, 0.2) is 5.82 Å². The molecule has 0 saturated heterocycles. The maximum absolute atomic E-state index is 11.7. The fourth-order valence-electron chi connectivity index (χ4n) is 1.34. The van der Waals surface area contributed by atoms with Gasteiger partial charge in [0, 0.05) is 15.7 Å². The Morgan fingerprint density at radius 2 is 2.00 bits per heavy atom. The van der Waals surface area contributed by atoms with Crippen LogP contribution in [0.4, 0.5) is 11.5 Å². The van der Waals surface area contributed by atoms with Crippen LogP contribution < -0.4 is 11.1 Å². The van der Waals surface area contributed by atoms with Crippen LogP contribution in [0.15, 0.2) is 24.4 Å². The molecule has 0 aliphatic heterocycles. The van der Waals surface area contributed by atoms with E-state index in [1.807, 2.05) is 0 Å². The van der Waals surface area contributed by atoms with Gasteiger partial charge in [0.25, 0.3) is 0 Å². The summed E-state index contributed by atoms with van der Waals surface area (Å²) in [6.07, 6.45) is 1.36. The van der Waals surface area contributed by atoms with Crippen LogP contribution in [0.25, 0.3) is 0 Å². The molecule has 6 nitrogen and oxygen atoms in total. The van der Waals surface area contributed by atoms with E-state index >= 15 is 0 Å². The highest BCUT2D eigenvalue weighted by molar-refractivity contribution is 6.35. The van der Waals surface area contributed by atoms with E-state index in [2.05, 4.69) is 15.5 Å². The molecule has 0 fully saturated rings. The van der Waals surface area contributed by atoms with Crippen LogP contribution >= 0.6 is 23.2 Å². The van der Waals surface area contributed by atoms with E-state index in [0.29, 0.717) is 15.7 Å². The summed E-state index contributed by atoms with van der Waals surface area (Å²) >= 11 is 11.6. The topological polar surface area (TPSA) is 85.8 Å². The van der Waals surface area contributed by atoms with Gasteiger partial charge in [-0.25, -0.2) is 0 Å². The first kappa shape index (κ1) is 12.7. The van der Waals surface area contributed by atoms with Crippen LogP contribution in [0.1, 0.15) is 0 Å². The number of hydrogen-bond acceptors (Lipinski definition) is 4. The second-order valence-corrected chi connectivity index (χ2v) is 4.38. The maximum Gasteiger partial charge on any atom is 0.247 e. The maximum atomic E-state index is 11.7. The Morgan fingerprint density at radius 1 is 1.33 bits per heavy atom. The van der Waals surface area contributed by atoms with Gasteiger partial charge in [0.05, 0.1) is 6.20 Å². The molecule has 94 valence electrons. The number of halogens is 2. The van der Waals surface area contributed by atoms with Crippen molar-refractivity contribution in [2.45, 2.75) is 6.54 Å². The molecule has 8 heteroatoms. The summed E-state index contributed by atoms with van der Waals surface area (Å²) in [7, 11) is 0. The molecule has 18 heavy (non-hydrogen) atoms. The number of benzene rings is 1. The monoisotopic (exact) mass is 285 g/mol. The Kier molecular flexibility index (Phi) is 3.69. The van der Waals surface area contributed by atoms with Crippen LogP contribution in [0.5, 0.6) is 0 Å². The third kappa shape index (κ3) is 3.35. The summed E-state index contributed by atoms with van der Waals surface area (Å²) in [6, 6.07) is 4.76. The summed E-state index contributed by atoms with van der Waals surface area (Å²) in [5, 5.41) is 11.1. The summed E-state index contributed by atoms with van der Waals surface area (Å²) in [4.78, 5) is 12.9. The Morgan fingerprint density at radius 3 is 2.56 bits per heavy atom. The molecular formula is C10H9Cl2N5O. The predicted molar refractivity (Wildman–Crippen MR) is 69.5 cm³/mol. The van der Waals surface area contributed by atoms with Gasteiger partial charge in [-0.1, -0.05) is 23.2 Å². The molecule has 2 rings (SSSR count). The summed E-state index contributed by atoms with van der Waals surface area (Å²) in [6.45, 7) is -0.0403. The number of rotatable bonds is 3. The van der Waals surface area contributed by atoms with Crippen molar-refractivity contribution in [3.63, 3.8) is 0 Å². The number of anilines is 2. The van der Waals surface area contributed by atoms with Crippen molar-refractivity contribution >= 4 is 40.6 Å². The third-order valence-corrected chi connectivity index (χ3v) is 2.42. The predicted octanol–water partition coefficient (Wildman–Crippen LogP) is 1.81. The van der Waals surface area contributed by atoms with Crippen molar-refractivity contribution in [1.29, 1.82) is 0 Å². The zero-order valence-electron chi connectivity index (χ0n) is 9.10. The van der Waals surface area contributed by atoms with Gasteiger partial charge in [-0.2, -0.15) is 9.90 Å². The van der Waals surface area contributed by atoms with Gasteiger partial charge < -0.3 is 11.1 Å². The Hall–Kier alpha value is -1.79. The Bertz CT molecular complexity index is 563. The highest BCUT2D eigenvalue weighted by Gasteiger charge is 2.07. The molecule has 1 aromatic heterocycles. The van der Waals surface area contributed by atoms with Crippen molar-refractivity contribution in [3.8, 4) is 0 Å². The van der Waals surface area contributed by atoms with Gasteiger partial charge in [-0.15, -0.1) is 5.10 Å². The van der Waals surface area contributed by atoms with Crippen molar-refractivity contribution in [1.82, 2.24) is 15.0 Å². The van der Waals surface area contributed by atoms with Gasteiger partial charge in [-0.3, -0.25) is 4.79 Å². The molecule has 0 bridgehead atoms. The highest BCUT2D eigenvalue weighted by Crippen LogP contribution is 2.22. The molecule has 0 unspecified atom stereocenters. The fourth-order valence-corrected chi connectivity index (χ4v) is 1.87. The van der Waals surface area contributed by atoms with E-state index in [0.717, 1.165) is 0 Å². The molecule has 1 amide bonds. The number of aromatic nitrogens is 3. The largest absolute Gasteiger partial charge is 0.381 e. The third-order valence-electron chi connectivity index (χ3n) is 1.99. The zero-order valence-corrected chi connectivity index (χ0v) is 10.6. The lowest BCUT2D eigenvalue weighted by Crippen LogP contribution is -2.20. The van der Waals surface area contributed by atoms with Gasteiger partial charge >= 0.3 is 0 Å². The second-order valence-electron chi connectivity index (χ2n) is 3.51. The lowest BCUT2D eigenvalue weighted by molar-refractivity contribution is -0.117. The van der Waals surface area contributed by atoms with E-state index in [4.69, 9.17) is 28.9 Å². The van der Waals surface area contributed by atoms with Crippen molar-refractivity contribution in [3.05, 3.63) is 34.4 Å². The number of nitrogen functional groups attached to an aromatic ring is 1. The molecular weight excluding hydrogens is 277 g/mol. The SMILES string of the molecule is Nc1cnn(CC(=O)Nc2cc(Cl)cc(Cl)c2)n1. The molecule has 0 saturated carbocycles. The first-order chi connectivity index (χ1) is 8.52. The minimum Gasteiger partial charge on any atom is -0.381 e. The van der Waals surface area contributed by atoms with E-state index in [9.17, 15) is 4.79 Å². The van der Waals surface area contributed by atoms with Crippen LogP contribution in [0.2, 0.25) is 10.0 Å². The van der Waals surface area contributed by atoms with Crippen LogP contribution in [0.3, 0.4) is 0 Å². The lowest BCUT2D eigenvalue weighted by atomic mass is 10.3. The molecule has 0 aliphatic carbocycles. The average molecular weight is 286 g/mol. The summed E-state index contributed by atoms with van der Waals surface area (Å²) < 4.78 is 0. The smallest absolute Gasteiger partial charge is 0.247 e. The molecule has 0 spiro atoms. The van der Waals surface area contributed by atoms with Crippen molar-refractivity contribution in [2.24, 2.45) is 0 Å². The van der Waals surface area contributed by atoms with Crippen LogP contribution in [0, 0.1) is 0 Å². The van der Waals surface area contributed by atoms with Crippen molar-refractivity contribution < 1.29 is 4.79 Å². The number of nitrogens with two attached hydrogens (primary N) is 1. The van der Waals surface area contributed by atoms with E-state index in [1.54, 1.807) is 18.2 Å². The number of nitrogens with one attached hydrogen (secondary N) is 1. The quantitative estimate of drug-likeness (QED) is 0.901.